The van der Waals surface area contributed by atoms with Gasteiger partial charge in [0.2, 0.25) is 0 Å². The number of hydrogen-bond donors (Lipinski definition) is 1. The molecule has 17 heavy (non-hydrogen) atoms. The Kier molecular flexibility index (Phi) is 4.17. The van der Waals surface area contributed by atoms with Gasteiger partial charge in [0.25, 0.3) is 0 Å². The van der Waals surface area contributed by atoms with E-state index in [0.717, 1.165) is 30.8 Å². The molecule has 6 heteroatoms. The fourth-order valence-corrected chi connectivity index (χ4v) is 4.51. The summed E-state index contributed by atoms with van der Waals surface area (Å²) in [5.74, 6) is 0.637. The van der Waals surface area contributed by atoms with E-state index in [9.17, 15) is 8.42 Å². The quantitative estimate of drug-likeness (QED) is 0.901. The van der Waals surface area contributed by atoms with Gasteiger partial charge in [0.05, 0.1) is 16.5 Å². The molecule has 1 atom stereocenters. The number of rotatable bonds is 4. The highest BCUT2D eigenvalue weighted by atomic mass is 32.2. The van der Waals surface area contributed by atoms with Crippen molar-refractivity contribution >= 4 is 21.2 Å². The van der Waals surface area contributed by atoms with Crippen LogP contribution in [-0.2, 0) is 22.8 Å². The van der Waals surface area contributed by atoms with Crippen molar-refractivity contribution in [3.8, 4) is 0 Å². The standard InChI is InChI=1S/C11H18N2O2S2/c1-2-11-13-7-10(16-11)6-12-9-4-3-5-17(14,15)8-9/h7,9,12H,2-6,8H2,1H3. The zero-order valence-corrected chi connectivity index (χ0v) is 11.6. The predicted molar refractivity (Wildman–Crippen MR) is 70.0 cm³/mol. The molecule has 1 aliphatic heterocycles. The zero-order valence-electron chi connectivity index (χ0n) is 9.98. The average molecular weight is 274 g/mol. The summed E-state index contributed by atoms with van der Waals surface area (Å²) in [5, 5.41) is 4.46. The zero-order chi connectivity index (χ0) is 12.3. The molecule has 0 bridgehead atoms. The summed E-state index contributed by atoms with van der Waals surface area (Å²) < 4.78 is 22.9. The van der Waals surface area contributed by atoms with Gasteiger partial charge < -0.3 is 5.32 Å². The van der Waals surface area contributed by atoms with Crippen LogP contribution in [-0.4, -0.2) is 30.9 Å². The second kappa shape index (κ2) is 5.46. The van der Waals surface area contributed by atoms with Crippen LogP contribution in [0.4, 0.5) is 0 Å². The van der Waals surface area contributed by atoms with Crippen LogP contribution < -0.4 is 5.32 Å². The van der Waals surface area contributed by atoms with E-state index in [1.54, 1.807) is 11.3 Å². The first-order chi connectivity index (χ1) is 8.09. The van der Waals surface area contributed by atoms with Crippen LogP contribution in [0.2, 0.25) is 0 Å². The Morgan fingerprint density at radius 2 is 2.41 bits per heavy atom. The number of sulfone groups is 1. The second-order valence-electron chi connectivity index (χ2n) is 4.41. The van der Waals surface area contributed by atoms with Crippen LogP contribution in [0.25, 0.3) is 0 Å². The third-order valence-electron chi connectivity index (χ3n) is 2.93. The Morgan fingerprint density at radius 3 is 3.06 bits per heavy atom. The second-order valence-corrected chi connectivity index (χ2v) is 7.84. The summed E-state index contributed by atoms with van der Waals surface area (Å²) in [4.78, 5) is 5.47. The van der Waals surface area contributed by atoms with Crippen molar-refractivity contribution in [2.24, 2.45) is 0 Å². The van der Waals surface area contributed by atoms with Crippen molar-refractivity contribution < 1.29 is 8.42 Å². The fourth-order valence-electron chi connectivity index (χ4n) is 2.02. The Bertz CT molecular complexity index is 468. The molecule has 1 aromatic rings. The number of nitrogens with one attached hydrogen (secondary N) is 1. The number of hydrogen-bond acceptors (Lipinski definition) is 5. The van der Waals surface area contributed by atoms with Crippen LogP contribution in [0.1, 0.15) is 29.7 Å². The lowest BCUT2D eigenvalue weighted by molar-refractivity contribution is 0.482. The van der Waals surface area contributed by atoms with Crippen molar-refractivity contribution in [3.63, 3.8) is 0 Å². The Balaban J connectivity index is 1.85. The highest BCUT2D eigenvalue weighted by Crippen LogP contribution is 2.16. The monoisotopic (exact) mass is 274 g/mol. The summed E-state index contributed by atoms with van der Waals surface area (Å²) in [6.45, 7) is 2.82. The third kappa shape index (κ3) is 3.76. The topological polar surface area (TPSA) is 59.1 Å². The maximum absolute atomic E-state index is 11.5. The lowest BCUT2D eigenvalue weighted by Crippen LogP contribution is -2.39. The minimum atomic E-state index is -2.81. The minimum absolute atomic E-state index is 0.112. The van der Waals surface area contributed by atoms with E-state index in [-0.39, 0.29) is 11.8 Å². The lowest BCUT2D eigenvalue weighted by atomic mass is 10.2. The molecule has 96 valence electrons. The smallest absolute Gasteiger partial charge is 0.151 e. The summed E-state index contributed by atoms with van der Waals surface area (Å²) in [6, 6.07) is 0.112. The van der Waals surface area contributed by atoms with Gasteiger partial charge in [0.15, 0.2) is 9.84 Å². The molecular formula is C11H18N2O2S2. The molecule has 4 nitrogen and oxygen atoms in total. The van der Waals surface area contributed by atoms with Crippen molar-refractivity contribution in [2.45, 2.75) is 38.8 Å². The molecule has 0 amide bonds. The number of nitrogens with zero attached hydrogens (tertiary/aromatic N) is 1. The van der Waals surface area contributed by atoms with Crippen LogP contribution in [0.15, 0.2) is 6.20 Å². The van der Waals surface area contributed by atoms with Crippen molar-refractivity contribution in [3.05, 3.63) is 16.1 Å². The maximum Gasteiger partial charge on any atom is 0.151 e. The molecule has 2 rings (SSSR count). The van der Waals surface area contributed by atoms with Gasteiger partial charge in [-0.1, -0.05) is 6.92 Å². The van der Waals surface area contributed by atoms with Gasteiger partial charge in [-0.05, 0) is 19.3 Å². The van der Waals surface area contributed by atoms with Crippen LogP contribution >= 0.6 is 11.3 Å². The molecule has 1 fully saturated rings. The SMILES string of the molecule is CCc1ncc(CNC2CCCS(=O)(=O)C2)s1. The normalized spacial score (nSPS) is 23.7. The molecular weight excluding hydrogens is 256 g/mol. The predicted octanol–water partition coefficient (Wildman–Crippen LogP) is 1.37. The van der Waals surface area contributed by atoms with Crippen LogP contribution in [0, 0.1) is 0 Å². The van der Waals surface area contributed by atoms with Gasteiger partial charge in [-0.2, -0.15) is 0 Å². The molecule has 0 saturated carbocycles. The number of aromatic nitrogens is 1. The summed E-state index contributed by atoms with van der Waals surface area (Å²) in [5.41, 5.74) is 0. The molecule has 1 aliphatic rings. The highest BCUT2D eigenvalue weighted by molar-refractivity contribution is 7.91. The molecule has 0 radical (unpaired) electrons. The Hall–Kier alpha value is -0.460. The largest absolute Gasteiger partial charge is 0.308 e. The lowest BCUT2D eigenvalue weighted by Gasteiger charge is -2.22. The van der Waals surface area contributed by atoms with Gasteiger partial charge in [-0.25, -0.2) is 13.4 Å². The van der Waals surface area contributed by atoms with Gasteiger partial charge >= 0.3 is 0 Å². The van der Waals surface area contributed by atoms with E-state index < -0.39 is 9.84 Å². The Labute approximate surface area is 106 Å². The molecule has 0 aromatic carbocycles. The van der Waals surface area contributed by atoms with E-state index >= 15 is 0 Å². The van der Waals surface area contributed by atoms with E-state index in [2.05, 4.69) is 17.2 Å². The minimum Gasteiger partial charge on any atom is -0.308 e. The molecule has 2 heterocycles. The molecule has 1 saturated heterocycles. The van der Waals surface area contributed by atoms with E-state index in [1.807, 2.05) is 6.20 Å². The van der Waals surface area contributed by atoms with Gasteiger partial charge in [-0.3, -0.25) is 0 Å². The summed E-state index contributed by atoms with van der Waals surface area (Å²) in [7, 11) is -2.81. The van der Waals surface area contributed by atoms with Crippen LogP contribution in [0.5, 0.6) is 0 Å². The number of aryl methyl sites for hydroxylation is 1. The van der Waals surface area contributed by atoms with Crippen molar-refractivity contribution in [1.29, 1.82) is 0 Å². The first-order valence-corrected chi connectivity index (χ1v) is 8.60. The number of thiazole rings is 1. The van der Waals surface area contributed by atoms with Crippen LogP contribution in [0.3, 0.4) is 0 Å². The summed E-state index contributed by atoms with van der Waals surface area (Å²) >= 11 is 1.70. The Morgan fingerprint density at radius 1 is 1.59 bits per heavy atom. The fraction of sp³-hybridized carbons (Fsp3) is 0.727. The highest BCUT2D eigenvalue weighted by Gasteiger charge is 2.24. The third-order valence-corrected chi connectivity index (χ3v) is 5.89. The van der Waals surface area contributed by atoms with E-state index in [1.165, 1.54) is 4.88 Å². The molecule has 1 N–H and O–H groups in total. The summed E-state index contributed by atoms with van der Waals surface area (Å²) in [6.07, 6.45) is 4.58. The first kappa shape index (κ1) is 13.0. The maximum atomic E-state index is 11.5. The molecule has 1 aromatic heterocycles. The van der Waals surface area contributed by atoms with Crippen molar-refractivity contribution in [2.75, 3.05) is 11.5 Å². The van der Waals surface area contributed by atoms with E-state index in [4.69, 9.17) is 0 Å². The van der Waals surface area contributed by atoms with Gasteiger partial charge in [0.1, 0.15) is 0 Å². The van der Waals surface area contributed by atoms with E-state index in [0.29, 0.717) is 5.75 Å². The molecule has 1 unspecified atom stereocenters. The molecule has 0 spiro atoms. The van der Waals surface area contributed by atoms with Gasteiger partial charge in [0, 0.05) is 23.7 Å². The molecule has 0 aliphatic carbocycles. The van der Waals surface area contributed by atoms with Crippen molar-refractivity contribution in [1.82, 2.24) is 10.3 Å². The average Bonchev–Trinajstić information content (AvgIpc) is 2.73. The first-order valence-electron chi connectivity index (χ1n) is 5.96. The van der Waals surface area contributed by atoms with Gasteiger partial charge in [-0.15, -0.1) is 11.3 Å².